The Morgan fingerprint density at radius 3 is 2.44 bits per heavy atom. The highest BCUT2D eigenvalue weighted by Gasteiger charge is 2.40. The topological polar surface area (TPSA) is 108 Å². The van der Waals surface area contributed by atoms with Crippen LogP contribution in [0.4, 0.5) is 5.95 Å². The van der Waals surface area contributed by atoms with E-state index in [0.29, 0.717) is 31.9 Å². The lowest BCUT2D eigenvalue weighted by Gasteiger charge is -2.21. The highest BCUT2D eigenvalue weighted by Crippen LogP contribution is 2.42. The fraction of sp³-hybridized carbons (Fsp3) is 0.269. The number of hydrogen-bond acceptors (Lipinski definition) is 6. The van der Waals surface area contributed by atoms with Gasteiger partial charge in [-0.15, -0.1) is 0 Å². The maximum atomic E-state index is 12.3. The molecule has 2 aromatic carbocycles. The van der Waals surface area contributed by atoms with Gasteiger partial charge in [-0.3, -0.25) is 9.78 Å². The van der Waals surface area contributed by atoms with E-state index in [4.69, 9.17) is 15.2 Å². The Hall–Kier alpha value is -3.75. The lowest BCUT2D eigenvalue weighted by Crippen LogP contribution is -2.23. The zero-order valence-corrected chi connectivity index (χ0v) is 18.8. The first-order valence-electron chi connectivity index (χ1n) is 11.3. The Balaban J connectivity index is 1.38. The van der Waals surface area contributed by atoms with E-state index in [1.165, 1.54) is 0 Å². The van der Waals surface area contributed by atoms with Crippen LogP contribution in [0.5, 0.6) is 0 Å². The average Bonchev–Trinajstić information content (AvgIpc) is 3.40. The van der Waals surface area contributed by atoms with Crippen LogP contribution in [0, 0.1) is 5.92 Å². The number of aromatic nitrogens is 4. The quantitative estimate of drug-likeness (QED) is 0.391. The highest BCUT2D eigenvalue weighted by atomic mass is 16.5. The third-order valence-corrected chi connectivity index (χ3v) is 6.31. The summed E-state index contributed by atoms with van der Waals surface area (Å²) in [6, 6.07) is 20.0. The van der Waals surface area contributed by atoms with Crippen molar-refractivity contribution >= 4 is 17.1 Å². The molecule has 2 heterocycles. The van der Waals surface area contributed by atoms with Crippen LogP contribution in [-0.4, -0.2) is 32.2 Å². The third kappa shape index (κ3) is 4.50. The molecule has 2 aromatic heterocycles. The van der Waals surface area contributed by atoms with Crippen molar-refractivity contribution in [3.05, 3.63) is 101 Å². The molecule has 8 heteroatoms. The molecule has 1 fully saturated rings. The van der Waals surface area contributed by atoms with E-state index >= 15 is 0 Å². The minimum absolute atomic E-state index is 0.0192. The van der Waals surface area contributed by atoms with Crippen molar-refractivity contribution in [1.29, 1.82) is 0 Å². The van der Waals surface area contributed by atoms with E-state index in [9.17, 15) is 4.79 Å². The van der Waals surface area contributed by atoms with Gasteiger partial charge >= 0.3 is 0 Å². The number of anilines is 1. The van der Waals surface area contributed by atoms with Crippen molar-refractivity contribution in [2.24, 2.45) is 5.92 Å². The van der Waals surface area contributed by atoms with E-state index in [1.807, 2.05) is 65.2 Å². The minimum atomic E-state index is -0.357. The first-order chi connectivity index (χ1) is 16.6. The predicted octanol–water partition coefficient (Wildman–Crippen LogP) is 3.62. The van der Waals surface area contributed by atoms with Gasteiger partial charge in [0.1, 0.15) is 0 Å². The highest BCUT2D eigenvalue weighted by molar-refractivity contribution is 5.71. The van der Waals surface area contributed by atoms with Crippen molar-refractivity contribution in [2.45, 2.75) is 31.8 Å². The molecule has 3 N–H and O–H groups in total. The van der Waals surface area contributed by atoms with Crippen molar-refractivity contribution in [3.63, 3.8) is 0 Å². The molecule has 8 nitrogen and oxygen atoms in total. The smallest absolute Gasteiger partial charge is 0.280 e. The summed E-state index contributed by atoms with van der Waals surface area (Å²) in [4.78, 5) is 23.4. The molecule has 1 saturated carbocycles. The molecule has 0 amide bonds. The summed E-state index contributed by atoms with van der Waals surface area (Å²) in [7, 11) is 0. The first-order valence-corrected chi connectivity index (χ1v) is 11.3. The summed E-state index contributed by atoms with van der Waals surface area (Å²) < 4.78 is 14.3. The predicted molar refractivity (Wildman–Crippen MR) is 130 cm³/mol. The lowest BCUT2D eigenvalue weighted by atomic mass is 10.0. The molecule has 0 bridgehead atoms. The van der Waals surface area contributed by atoms with Crippen LogP contribution in [0.1, 0.15) is 23.6 Å². The van der Waals surface area contributed by atoms with Gasteiger partial charge in [0.25, 0.3) is 5.56 Å². The average molecular weight is 458 g/mol. The second-order valence-electron chi connectivity index (χ2n) is 8.54. The molecule has 0 aliphatic heterocycles. The van der Waals surface area contributed by atoms with E-state index in [2.05, 4.69) is 21.5 Å². The molecule has 34 heavy (non-hydrogen) atoms. The van der Waals surface area contributed by atoms with Crippen molar-refractivity contribution in [3.8, 4) is 0 Å². The van der Waals surface area contributed by atoms with Crippen molar-refractivity contribution < 1.29 is 9.47 Å². The van der Waals surface area contributed by atoms with Gasteiger partial charge < -0.3 is 19.8 Å². The van der Waals surface area contributed by atoms with Gasteiger partial charge in [0.2, 0.25) is 5.95 Å². The number of benzene rings is 2. The van der Waals surface area contributed by atoms with Crippen LogP contribution >= 0.6 is 0 Å². The Labute approximate surface area is 197 Å². The van der Waals surface area contributed by atoms with Gasteiger partial charge in [-0.25, -0.2) is 4.98 Å². The molecule has 5 rings (SSSR count). The fourth-order valence-corrected chi connectivity index (χ4v) is 4.54. The van der Waals surface area contributed by atoms with E-state index < -0.39 is 0 Å². The maximum absolute atomic E-state index is 12.3. The van der Waals surface area contributed by atoms with Gasteiger partial charge in [0.05, 0.1) is 38.3 Å². The normalized spacial score (nSPS) is 20.2. The third-order valence-electron chi connectivity index (χ3n) is 6.31. The fourth-order valence-electron chi connectivity index (χ4n) is 4.54. The molecule has 3 atom stereocenters. The van der Waals surface area contributed by atoms with E-state index in [-0.39, 0.29) is 35.1 Å². The van der Waals surface area contributed by atoms with Crippen LogP contribution in [0.3, 0.4) is 0 Å². The number of aromatic amines is 1. The summed E-state index contributed by atoms with van der Waals surface area (Å²) in [5, 5.41) is 0. The molecule has 1 aliphatic rings. The number of rotatable bonds is 8. The summed E-state index contributed by atoms with van der Waals surface area (Å²) in [5.41, 5.74) is 9.33. The number of imidazole rings is 1. The van der Waals surface area contributed by atoms with Crippen molar-refractivity contribution in [1.82, 2.24) is 19.5 Å². The maximum Gasteiger partial charge on any atom is 0.280 e. The number of ether oxygens (including phenoxy) is 2. The number of nitrogens with two attached hydrogens (primary N) is 1. The number of hydrogen-bond donors (Lipinski definition) is 2. The second-order valence-corrected chi connectivity index (χ2v) is 8.54. The monoisotopic (exact) mass is 457 g/mol. The number of fused-ring (bicyclic) bond motifs is 1. The Kier molecular flexibility index (Phi) is 6.24. The summed E-state index contributed by atoms with van der Waals surface area (Å²) in [6.45, 7) is 5.89. The lowest BCUT2D eigenvalue weighted by molar-refractivity contribution is -0.0122. The number of H-pyrrole nitrogens is 1. The largest absolute Gasteiger partial charge is 0.376 e. The Morgan fingerprint density at radius 2 is 1.74 bits per heavy atom. The molecular formula is C26H27N5O3. The van der Waals surface area contributed by atoms with Gasteiger partial charge in [-0.2, -0.15) is 4.98 Å². The van der Waals surface area contributed by atoms with E-state index in [1.54, 1.807) is 6.33 Å². The van der Waals surface area contributed by atoms with Crippen LogP contribution in [0.15, 0.2) is 83.9 Å². The Morgan fingerprint density at radius 1 is 1.06 bits per heavy atom. The number of nitrogens with one attached hydrogen (secondary N) is 1. The summed E-state index contributed by atoms with van der Waals surface area (Å²) in [5.74, 6) is 0.0386. The summed E-state index contributed by atoms with van der Waals surface area (Å²) in [6.07, 6.45) is 2.19. The molecule has 0 unspecified atom stereocenters. The van der Waals surface area contributed by atoms with Crippen LogP contribution in [0.25, 0.3) is 11.2 Å². The minimum Gasteiger partial charge on any atom is -0.376 e. The first kappa shape index (κ1) is 22.1. The molecule has 0 radical (unpaired) electrons. The molecule has 1 aliphatic carbocycles. The van der Waals surface area contributed by atoms with Crippen LogP contribution in [-0.2, 0) is 22.7 Å². The zero-order valence-electron chi connectivity index (χ0n) is 18.8. The van der Waals surface area contributed by atoms with Gasteiger partial charge in [-0.05, 0) is 23.1 Å². The van der Waals surface area contributed by atoms with Gasteiger partial charge in [-0.1, -0.05) is 67.2 Å². The molecule has 174 valence electrons. The van der Waals surface area contributed by atoms with Gasteiger partial charge in [0.15, 0.2) is 11.2 Å². The summed E-state index contributed by atoms with van der Waals surface area (Å²) >= 11 is 0. The SMILES string of the molecule is C=C1[C@H](COCc2ccccc2)[C@H](OCc2ccccc2)C[C@@H]1n1cnc2c(=O)[nH]c(N)nc21. The number of nitrogen functional groups attached to an aromatic ring is 1. The molecule has 0 saturated heterocycles. The van der Waals surface area contributed by atoms with Crippen molar-refractivity contribution in [2.75, 3.05) is 12.3 Å². The van der Waals surface area contributed by atoms with E-state index in [0.717, 1.165) is 16.7 Å². The number of nitrogens with zero attached hydrogens (tertiary/aromatic N) is 3. The van der Waals surface area contributed by atoms with Crippen LogP contribution in [0.2, 0.25) is 0 Å². The Bertz CT molecular complexity index is 1330. The molecule has 0 spiro atoms. The second kappa shape index (κ2) is 9.62. The standard InChI is InChI=1S/C26H27N5O3/c1-17-20(15-33-13-18-8-4-2-5-9-18)22(34-14-19-10-6-3-7-11-19)12-21(17)31-16-28-23-24(31)29-26(27)30-25(23)32/h2-11,16,20-22H,1,12-15H2,(H3,27,29,30,32)/t20-,21-,22+/m0/s1. The molecular weight excluding hydrogens is 430 g/mol. The van der Waals surface area contributed by atoms with Gasteiger partial charge in [0, 0.05) is 5.92 Å². The molecule has 4 aromatic rings. The van der Waals surface area contributed by atoms with Crippen LogP contribution < -0.4 is 11.3 Å². The zero-order chi connectivity index (χ0) is 23.5.